The quantitative estimate of drug-likeness (QED) is 0.695. The summed E-state index contributed by atoms with van der Waals surface area (Å²) in [5.74, 6) is 0. The summed E-state index contributed by atoms with van der Waals surface area (Å²) in [5.41, 5.74) is 2.84. The standard InChI is InChI=1S/C12H13Br/c1-11-6-12(7-11,8-11)9-3-2-4-10(13)5-9/h2-5H,6-8H2,1H3. The Morgan fingerprint density at radius 1 is 1.23 bits per heavy atom. The lowest BCUT2D eigenvalue weighted by Gasteiger charge is -2.70. The zero-order valence-electron chi connectivity index (χ0n) is 7.81. The van der Waals surface area contributed by atoms with Crippen molar-refractivity contribution >= 4 is 15.9 Å². The molecule has 0 aliphatic heterocycles. The van der Waals surface area contributed by atoms with Crippen LogP contribution in [-0.2, 0) is 5.41 Å². The van der Waals surface area contributed by atoms with Crippen LogP contribution in [0.4, 0.5) is 0 Å². The van der Waals surface area contributed by atoms with Crippen LogP contribution in [0.25, 0.3) is 0 Å². The van der Waals surface area contributed by atoms with E-state index in [0.717, 1.165) is 0 Å². The van der Waals surface area contributed by atoms with E-state index in [2.05, 4.69) is 47.1 Å². The van der Waals surface area contributed by atoms with Gasteiger partial charge >= 0.3 is 0 Å². The molecule has 3 aliphatic rings. The molecule has 0 N–H and O–H groups in total. The van der Waals surface area contributed by atoms with Crippen LogP contribution in [0.15, 0.2) is 28.7 Å². The minimum atomic E-state index is 0.582. The van der Waals surface area contributed by atoms with E-state index < -0.39 is 0 Å². The van der Waals surface area contributed by atoms with Crippen molar-refractivity contribution in [3.63, 3.8) is 0 Å². The smallest absolute Gasteiger partial charge is 0.0178 e. The van der Waals surface area contributed by atoms with Gasteiger partial charge in [-0.05, 0) is 47.8 Å². The molecule has 1 heteroatoms. The molecule has 3 aliphatic carbocycles. The summed E-state index contributed by atoms with van der Waals surface area (Å²) in [7, 11) is 0. The minimum absolute atomic E-state index is 0.582. The average Bonchev–Trinajstić information content (AvgIpc) is 1.97. The molecular formula is C12H13Br. The Labute approximate surface area is 87.5 Å². The van der Waals surface area contributed by atoms with E-state index in [1.807, 2.05) is 0 Å². The third-order valence-corrected chi connectivity index (χ3v) is 4.23. The maximum Gasteiger partial charge on any atom is 0.0178 e. The summed E-state index contributed by atoms with van der Waals surface area (Å²) in [6.07, 6.45) is 4.24. The van der Waals surface area contributed by atoms with Gasteiger partial charge in [0, 0.05) is 4.47 Å². The topological polar surface area (TPSA) is 0 Å². The molecule has 13 heavy (non-hydrogen) atoms. The van der Waals surface area contributed by atoms with Crippen LogP contribution >= 0.6 is 15.9 Å². The maximum absolute atomic E-state index is 3.54. The SMILES string of the molecule is CC12CC(c3cccc(Br)c3)(C1)C2. The Hall–Kier alpha value is -0.300. The van der Waals surface area contributed by atoms with E-state index in [1.165, 1.54) is 23.7 Å². The second-order valence-electron chi connectivity index (χ2n) is 5.13. The van der Waals surface area contributed by atoms with Gasteiger partial charge in [-0.15, -0.1) is 0 Å². The third-order valence-electron chi connectivity index (χ3n) is 3.73. The predicted molar refractivity (Wildman–Crippen MR) is 57.8 cm³/mol. The van der Waals surface area contributed by atoms with Crippen molar-refractivity contribution in [2.45, 2.75) is 31.6 Å². The first-order chi connectivity index (χ1) is 6.12. The number of hydrogen-bond acceptors (Lipinski definition) is 0. The van der Waals surface area contributed by atoms with Gasteiger partial charge in [0.05, 0.1) is 0 Å². The highest BCUT2D eigenvalue weighted by atomic mass is 79.9. The van der Waals surface area contributed by atoms with E-state index in [1.54, 1.807) is 5.56 Å². The van der Waals surface area contributed by atoms with Crippen molar-refractivity contribution in [1.82, 2.24) is 0 Å². The lowest BCUT2D eigenvalue weighted by Crippen LogP contribution is -2.62. The van der Waals surface area contributed by atoms with Crippen molar-refractivity contribution in [1.29, 1.82) is 0 Å². The first kappa shape index (κ1) is 8.05. The fraction of sp³-hybridized carbons (Fsp3) is 0.500. The highest BCUT2D eigenvalue weighted by Gasteiger charge is 2.65. The molecule has 0 atom stereocenters. The number of halogens is 1. The van der Waals surface area contributed by atoms with Crippen molar-refractivity contribution in [2.75, 3.05) is 0 Å². The van der Waals surface area contributed by atoms with E-state index in [-0.39, 0.29) is 0 Å². The average molecular weight is 237 g/mol. The second kappa shape index (κ2) is 2.20. The van der Waals surface area contributed by atoms with E-state index in [4.69, 9.17) is 0 Å². The van der Waals surface area contributed by atoms with Gasteiger partial charge in [-0.25, -0.2) is 0 Å². The molecule has 2 bridgehead atoms. The van der Waals surface area contributed by atoms with Crippen molar-refractivity contribution in [3.05, 3.63) is 34.3 Å². The number of benzene rings is 1. The molecule has 68 valence electrons. The van der Waals surface area contributed by atoms with Gasteiger partial charge in [0.2, 0.25) is 0 Å². The molecule has 0 aromatic heterocycles. The maximum atomic E-state index is 3.54. The van der Waals surface area contributed by atoms with Gasteiger partial charge in [0.15, 0.2) is 0 Å². The molecule has 3 saturated carbocycles. The molecule has 1 aromatic rings. The fourth-order valence-electron chi connectivity index (χ4n) is 3.42. The van der Waals surface area contributed by atoms with Gasteiger partial charge in [-0.2, -0.15) is 0 Å². The molecule has 1 aromatic carbocycles. The highest BCUT2D eigenvalue weighted by Crippen LogP contribution is 2.73. The Bertz CT molecular complexity index is 347. The van der Waals surface area contributed by atoms with Gasteiger partial charge in [-0.1, -0.05) is 35.0 Å². The Morgan fingerprint density at radius 2 is 1.92 bits per heavy atom. The molecule has 0 saturated heterocycles. The molecule has 0 unspecified atom stereocenters. The minimum Gasteiger partial charge on any atom is -0.0609 e. The molecule has 4 rings (SSSR count). The Kier molecular flexibility index (Phi) is 1.36. The van der Waals surface area contributed by atoms with Crippen LogP contribution in [0.3, 0.4) is 0 Å². The first-order valence-corrected chi connectivity index (χ1v) is 5.67. The van der Waals surface area contributed by atoms with E-state index in [9.17, 15) is 0 Å². The third kappa shape index (κ3) is 0.969. The summed E-state index contributed by atoms with van der Waals surface area (Å²) in [4.78, 5) is 0. The zero-order valence-corrected chi connectivity index (χ0v) is 9.39. The van der Waals surface area contributed by atoms with Gasteiger partial charge < -0.3 is 0 Å². The Morgan fingerprint density at radius 3 is 2.46 bits per heavy atom. The normalized spacial score (nSPS) is 40.8. The molecule has 0 spiro atoms. The van der Waals surface area contributed by atoms with Crippen LogP contribution in [-0.4, -0.2) is 0 Å². The molecule has 0 nitrogen and oxygen atoms in total. The zero-order chi connectivity index (χ0) is 9.10. The molecule has 0 radical (unpaired) electrons. The lowest BCUT2D eigenvalue weighted by atomic mass is 9.34. The summed E-state index contributed by atoms with van der Waals surface area (Å²) in [6, 6.07) is 8.83. The molecule has 0 amide bonds. The van der Waals surface area contributed by atoms with Crippen LogP contribution in [0.5, 0.6) is 0 Å². The predicted octanol–water partition coefficient (Wildman–Crippen LogP) is 3.89. The summed E-state index contributed by atoms with van der Waals surface area (Å²) in [5, 5.41) is 0. The van der Waals surface area contributed by atoms with Gasteiger partial charge in [0.25, 0.3) is 0 Å². The molecule has 0 heterocycles. The number of rotatable bonds is 1. The first-order valence-electron chi connectivity index (χ1n) is 4.88. The lowest BCUT2D eigenvalue weighted by molar-refractivity contribution is -0.125. The second-order valence-corrected chi connectivity index (χ2v) is 6.05. The molecular weight excluding hydrogens is 224 g/mol. The van der Waals surface area contributed by atoms with Crippen molar-refractivity contribution < 1.29 is 0 Å². The van der Waals surface area contributed by atoms with Crippen LogP contribution < -0.4 is 0 Å². The summed E-state index contributed by atoms with van der Waals surface area (Å²) < 4.78 is 1.22. The van der Waals surface area contributed by atoms with Crippen molar-refractivity contribution in [3.8, 4) is 0 Å². The van der Waals surface area contributed by atoms with Crippen molar-refractivity contribution in [2.24, 2.45) is 5.41 Å². The Balaban J connectivity index is 1.95. The highest BCUT2D eigenvalue weighted by molar-refractivity contribution is 9.10. The molecule has 3 fully saturated rings. The van der Waals surface area contributed by atoms with Crippen LogP contribution in [0, 0.1) is 5.41 Å². The van der Waals surface area contributed by atoms with Gasteiger partial charge in [0.1, 0.15) is 0 Å². The van der Waals surface area contributed by atoms with Crippen LogP contribution in [0.2, 0.25) is 0 Å². The van der Waals surface area contributed by atoms with Crippen LogP contribution in [0.1, 0.15) is 31.7 Å². The fourth-order valence-corrected chi connectivity index (χ4v) is 3.82. The number of hydrogen-bond donors (Lipinski definition) is 0. The van der Waals surface area contributed by atoms with E-state index >= 15 is 0 Å². The largest absolute Gasteiger partial charge is 0.0609 e. The summed E-state index contributed by atoms with van der Waals surface area (Å²) in [6.45, 7) is 2.41. The van der Waals surface area contributed by atoms with E-state index in [0.29, 0.717) is 10.8 Å². The summed E-state index contributed by atoms with van der Waals surface area (Å²) >= 11 is 3.54. The van der Waals surface area contributed by atoms with Gasteiger partial charge in [-0.3, -0.25) is 0 Å². The monoisotopic (exact) mass is 236 g/mol.